The maximum atomic E-state index is 5.17. The van der Waals surface area contributed by atoms with Crippen molar-refractivity contribution in [3.8, 4) is 0 Å². The lowest BCUT2D eigenvalue weighted by Gasteiger charge is -2.12. The second kappa shape index (κ2) is 6.62. The number of anilines is 1. The fraction of sp³-hybridized carbons (Fsp3) is 0.412. The predicted molar refractivity (Wildman–Crippen MR) is 84.2 cm³/mol. The van der Waals surface area contributed by atoms with Gasteiger partial charge in [-0.05, 0) is 43.5 Å². The summed E-state index contributed by atoms with van der Waals surface area (Å²) in [6.07, 6.45) is 0.937. The number of hydrogen-bond donors (Lipinski definition) is 1. The smallest absolute Gasteiger partial charge is 0.0503 e. The van der Waals surface area contributed by atoms with E-state index in [4.69, 9.17) is 4.74 Å². The molecule has 0 fully saturated rings. The molecule has 3 heteroatoms. The number of ether oxygens (including phenoxy) is 1. The SMILES string of the molecule is COCCc1ccccc1NCc1cc(C)n(C)c1C. The lowest BCUT2D eigenvalue weighted by atomic mass is 10.1. The van der Waals surface area contributed by atoms with Crippen LogP contribution in [0.1, 0.15) is 22.5 Å². The van der Waals surface area contributed by atoms with Crippen LogP contribution in [0.25, 0.3) is 0 Å². The number of para-hydroxylation sites is 1. The summed E-state index contributed by atoms with van der Waals surface area (Å²) in [4.78, 5) is 0. The summed E-state index contributed by atoms with van der Waals surface area (Å²) >= 11 is 0. The first-order chi connectivity index (χ1) is 9.63. The van der Waals surface area contributed by atoms with Crippen LogP contribution in [0, 0.1) is 13.8 Å². The molecule has 2 aromatic rings. The highest BCUT2D eigenvalue weighted by molar-refractivity contribution is 5.51. The number of aromatic nitrogens is 1. The number of nitrogens with zero attached hydrogens (tertiary/aromatic N) is 1. The Morgan fingerprint density at radius 3 is 2.55 bits per heavy atom. The Balaban J connectivity index is 2.08. The van der Waals surface area contributed by atoms with Gasteiger partial charge in [0.05, 0.1) is 6.61 Å². The number of nitrogens with one attached hydrogen (secondary N) is 1. The van der Waals surface area contributed by atoms with Crippen molar-refractivity contribution < 1.29 is 4.74 Å². The molecule has 0 amide bonds. The van der Waals surface area contributed by atoms with Crippen molar-refractivity contribution in [2.24, 2.45) is 7.05 Å². The van der Waals surface area contributed by atoms with Gasteiger partial charge in [0.15, 0.2) is 0 Å². The summed E-state index contributed by atoms with van der Waals surface area (Å²) in [5.41, 5.74) is 6.48. The molecular formula is C17H24N2O. The normalized spacial score (nSPS) is 10.8. The van der Waals surface area contributed by atoms with Gasteiger partial charge in [-0.2, -0.15) is 0 Å². The van der Waals surface area contributed by atoms with Gasteiger partial charge in [0.1, 0.15) is 0 Å². The Morgan fingerprint density at radius 1 is 1.15 bits per heavy atom. The van der Waals surface area contributed by atoms with Gasteiger partial charge in [0.2, 0.25) is 0 Å². The quantitative estimate of drug-likeness (QED) is 0.871. The average molecular weight is 272 g/mol. The van der Waals surface area contributed by atoms with Crippen LogP contribution < -0.4 is 5.32 Å². The second-order valence-corrected chi connectivity index (χ2v) is 5.21. The van der Waals surface area contributed by atoms with Crippen LogP contribution in [0.5, 0.6) is 0 Å². The molecule has 2 rings (SSSR count). The van der Waals surface area contributed by atoms with Gasteiger partial charge in [0, 0.05) is 37.8 Å². The fourth-order valence-electron chi connectivity index (χ4n) is 2.43. The van der Waals surface area contributed by atoms with Gasteiger partial charge in [-0.1, -0.05) is 18.2 Å². The molecular weight excluding hydrogens is 248 g/mol. The van der Waals surface area contributed by atoms with Gasteiger partial charge in [-0.3, -0.25) is 0 Å². The van der Waals surface area contributed by atoms with Gasteiger partial charge >= 0.3 is 0 Å². The monoisotopic (exact) mass is 272 g/mol. The van der Waals surface area contributed by atoms with Crippen molar-refractivity contribution in [1.82, 2.24) is 4.57 Å². The summed E-state index contributed by atoms with van der Waals surface area (Å²) in [6, 6.07) is 10.7. The van der Waals surface area contributed by atoms with E-state index in [1.54, 1.807) is 7.11 Å². The summed E-state index contributed by atoms with van der Waals surface area (Å²) in [5, 5.41) is 3.55. The predicted octanol–water partition coefficient (Wildman–Crippen LogP) is 3.44. The highest BCUT2D eigenvalue weighted by atomic mass is 16.5. The number of aryl methyl sites for hydroxylation is 1. The highest BCUT2D eigenvalue weighted by Gasteiger charge is 2.07. The minimum atomic E-state index is 0.752. The summed E-state index contributed by atoms with van der Waals surface area (Å²) in [5.74, 6) is 0. The largest absolute Gasteiger partial charge is 0.384 e. The van der Waals surface area contributed by atoms with E-state index in [-0.39, 0.29) is 0 Å². The molecule has 0 bridgehead atoms. The van der Waals surface area contributed by atoms with Crippen molar-refractivity contribution >= 4 is 5.69 Å². The van der Waals surface area contributed by atoms with Crippen molar-refractivity contribution in [3.63, 3.8) is 0 Å². The molecule has 1 aromatic carbocycles. The minimum absolute atomic E-state index is 0.752. The fourth-order valence-corrected chi connectivity index (χ4v) is 2.43. The second-order valence-electron chi connectivity index (χ2n) is 5.21. The Labute approximate surface area is 121 Å². The van der Waals surface area contributed by atoms with E-state index in [2.05, 4.69) is 61.1 Å². The lowest BCUT2D eigenvalue weighted by molar-refractivity contribution is 0.202. The van der Waals surface area contributed by atoms with Crippen LogP contribution in [0.3, 0.4) is 0 Å². The van der Waals surface area contributed by atoms with E-state index in [0.29, 0.717) is 0 Å². The first-order valence-corrected chi connectivity index (χ1v) is 7.06. The van der Waals surface area contributed by atoms with E-state index in [9.17, 15) is 0 Å². The van der Waals surface area contributed by atoms with Gasteiger partial charge < -0.3 is 14.6 Å². The maximum Gasteiger partial charge on any atom is 0.0503 e. The molecule has 0 radical (unpaired) electrons. The standard InChI is InChI=1S/C17H24N2O/c1-13-11-16(14(2)19(13)3)12-18-17-8-6-5-7-15(17)9-10-20-4/h5-8,11,18H,9-10,12H2,1-4H3. The van der Waals surface area contributed by atoms with E-state index < -0.39 is 0 Å². The first-order valence-electron chi connectivity index (χ1n) is 7.06. The van der Waals surface area contributed by atoms with Crippen molar-refractivity contribution in [2.45, 2.75) is 26.8 Å². The number of rotatable bonds is 6. The third kappa shape index (κ3) is 3.23. The molecule has 108 valence electrons. The average Bonchev–Trinajstić information content (AvgIpc) is 2.71. The zero-order chi connectivity index (χ0) is 14.5. The molecule has 0 aliphatic carbocycles. The molecule has 0 saturated heterocycles. The molecule has 1 heterocycles. The molecule has 0 unspecified atom stereocenters. The third-order valence-electron chi connectivity index (χ3n) is 3.94. The number of benzene rings is 1. The van der Waals surface area contributed by atoms with Gasteiger partial charge in [-0.15, -0.1) is 0 Å². The van der Waals surface area contributed by atoms with E-state index in [1.807, 2.05) is 0 Å². The van der Waals surface area contributed by atoms with E-state index in [0.717, 1.165) is 19.6 Å². The summed E-state index contributed by atoms with van der Waals surface area (Å²) in [6.45, 7) is 5.92. The summed E-state index contributed by atoms with van der Waals surface area (Å²) in [7, 11) is 3.85. The molecule has 0 aliphatic heterocycles. The number of hydrogen-bond acceptors (Lipinski definition) is 2. The Morgan fingerprint density at radius 2 is 1.90 bits per heavy atom. The lowest BCUT2D eigenvalue weighted by Crippen LogP contribution is -2.05. The van der Waals surface area contributed by atoms with Crippen LogP contribution in [0.15, 0.2) is 30.3 Å². The van der Waals surface area contributed by atoms with Crippen molar-refractivity contribution in [3.05, 3.63) is 52.8 Å². The molecule has 0 aliphatic rings. The minimum Gasteiger partial charge on any atom is -0.384 e. The third-order valence-corrected chi connectivity index (χ3v) is 3.94. The molecule has 0 saturated carbocycles. The van der Waals surface area contributed by atoms with Crippen LogP contribution in [-0.2, 0) is 24.8 Å². The van der Waals surface area contributed by atoms with E-state index >= 15 is 0 Å². The van der Waals surface area contributed by atoms with E-state index in [1.165, 1.54) is 28.2 Å². The maximum absolute atomic E-state index is 5.17. The van der Waals surface area contributed by atoms with Crippen molar-refractivity contribution in [2.75, 3.05) is 19.0 Å². The topological polar surface area (TPSA) is 26.2 Å². The highest BCUT2D eigenvalue weighted by Crippen LogP contribution is 2.19. The molecule has 1 N–H and O–H groups in total. The number of methoxy groups -OCH3 is 1. The van der Waals surface area contributed by atoms with Crippen molar-refractivity contribution in [1.29, 1.82) is 0 Å². The first kappa shape index (κ1) is 14.7. The molecule has 0 atom stereocenters. The molecule has 1 aromatic heterocycles. The van der Waals surface area contributed by atoms with Gasteiger partial charge in [0.25, 0.3) is 0 Å². The van der Waals surface area contributed by atoms with Gasteiger partial charge in [-0.25, -0.2) is 0 Å². The van der Waals surface area contributed by atoms with Crippen LogP contribution in [-0.4, -0.2) is 18.3 Å². The molecule has 3 nitrogen and oxygen atoms in total. The van der Waals surface area contributed by atoms with Crippen LogP contribution in [0.4, 0.5) is 5.69 Å². The summed E-state index contributed by atoms with van der Waals surface area (Å²) < 4.78 is 7.40. The van der Waals surface area contributed by atoms with Crippen LogP contribution >= 0.6 is 0 Å². The van der Waals surface area contributed by atoms with Crippen LogP contribution in [0.2, 0.25) is 0 Å². The Bertz CT molecular complexity index is 572. The zero-order valence-electron chi connectivity index (χ0n) is 12.9. The zero-order valence-corrected chi connectivity index (χ0v) is 12.9. The molecule has 20 heavy (non-hydrogen) atoms. The molecule has 0 spiro atoms. The Kier molecular flexibility index (Phi) is 4.85. The Hall–Kier alpha value is -1.74.